The van der Waals surface area contributed by atoms with Gasteiger partial charge in [-0.15, -0.1) is 10.2 Å². The van der Waals surface area contributed by atoms with E-state index in [1.54, 1.807) is 36.7 Å². The van der Waals surface area contributed by atoms with Crippen LogP contribution in [0.3, 0.4) is 0 Å². The molecule has 0 N–H and O–H groups in total. The molecule has 1 aromatic carbocycles. The van der Waals surface area contributed by atoms with E-state index in [9.17, 15) is 4.39 Å². The average Bonchev–Trinajstić information content (AvgIpc) is 3.04. The van der Waals surface area contributed by atoms with E-state index in [1.807, 2.05) is 0 Å². The van der Waals surface area contributed by atoms with E-state index in [-0.39, 0.29) is 5.82 Å². The predicted molar refractivity (Wildman–Crippen MR) is 75.0 cm³/mol. The Morgan fingerprint density at radius 1 is 1.29 bits per heavy atom. The molecule has 2 aromatic heterocycles. The molecule has 108 valence electrons. The molecule has 0 saturated carbocycles. The van der Waals surface area contributed by atoms with Crippen molar-refractivity contribution >= 4 is 11.8 Å². The van der Waals surface area contributed by atoms with Gasteiger partial charge in [0.25, 0.3) is 0 Å². The van der Waals surface area contributed by atoms with E-state index in [1.165, 1.54) is 17.8 Å². The molecule has 21 heavy (non-hydrogen) atoms. The van der Waals surface area contributed by atoms with Gasteiger partial charge >= 0.3 is 0 Å². The highest BCUT2D eigenvalue weighted by atomic mass is 32.2. The maximum atomic E-state index is 13.8. The molecule has 0 fully saturated rings. The first-order chi connectivity index (χ1) is 10.1. The third-order valence-corrected chi connectivity index (χ3v) is 3.85. The summed E-state index contributed by atoms with van der Waals surface area (Å²) in [6.45, 7) is 1.76. The molecule has 0 aliphatic carbocycles. The lowest BCUT2D eigenvalue weighted by Crippen LogP contribution is -1.96. The quantitative estimate of drug-likeness (QED) is 0.690. The summed E-state index contributed by atoms with van der Waals surface area (Å²) >= 11 is 1.41. The Kier molecular flexibility index (Phi) is 3.70. The normalized spacial score (nSPS) is 11.0. The van der Waals surface area contributed by atoms with E-state index in [0.29, 0.717) is 34.0 Å². The number of hydrogen-bond acceptors (Lipinski definition) is 6. The lowest BCUT2D eigenvalue weighted by atomic mass is 10.2. The lowest BCUT2D eigenvalue weighted by Gasteiger charge is -2.03. The maximum Gasteiger partial charge on any atom is 0.237 e. The molecular formula is C13H12FN5OS. The smallest absolute Gasteiger partial charge is 0.237 e. The van der Waals surface area contributed by atoms with Crippen molar-refractivity contribution in [2.45, 2.75) is 17.8 Å². The molecule has 0 bridgehead atoms. The summed E-state index contributed by atoms with van der Waals surface area (Å²) in [5.41, 5.74) is 0.424. The summed E-state index contributed by atoms with van der Waals surface area (Å²) in [5.74, 6) is 1.77. The Morgan fingerprint density at radius 3 is 2.81 bits per heavy atom. The van der Waals surface area contributed by atoms with Crippen molar-refractivity contribution in [2.75, 3.05) is 0 Å². The van der Waals surface area contributed by atoms with Crippen LogP contribution in [0.4, 0.5) is 4.39 Å². The summed E-state index contributed by atoms with van der Waals surface area (Å²) in [7, 11) is 1.79. The van der Waals surface area contributed by atoms with E-state index >= 15 is 0 Å². The number of aromatic nitrogens is 5. The van der Waals surface area contributed by atoms with Crippen LogP contribution in [0.2, 0.25) is 0 Å². The van der Waals surface area contributed by atoms with Crippen LogP contribution in [0.5, 0.6) is 0 Å². The van der Waals surface area contributed by atoms with Crippen molar-refractivity contribution in [3.8, 4) is 11.4 Å². The molecule has 0 atom stereocenters. The minimum Gasteiger partial charge on any atom is -0.338 e. The average molecular weight is 305 g/mol. The van der Waals surface area contributed by atoms with Crippen LogP contribution in [-0.2, 0) is 12.8 Å². The highest BCUT2D eigenvalue weighted by Gasteiger charge is 2.15. The van der Waals surface area contributed by atoms with Crippen molar-refractivity contribution in [3.05, 3.63) is 41.8 Å². The largest absolute Gasteiger partial charge is 0.338 e. The Hall–Kier alpha value is -2.22. The van der Waals surface area contributed by atoms with Crippen LogP contribution in [-0.4, -0.2) is 24.9 Å². The molecule has 0 unspecified atom stereocenters. The second kappa shape index (κ2) is 5.65. The highest BCUT2D eigenvalue weighted by molar-refractivity contribution is 7.98. The minimum absolute atomic E-state index is 0.322. The highest BCUT2D eigenvalue weighted by Crippen LogP contribution is 2.26. The standard InChI is InChI=1S/C13H12FN5OS/c1-8-15-11(20-18-8)7-21-13-17-16-12(19(13)2)9-5-3-4-6-10(9)14/h3-6H,7H2,1-2H3. The zero-order valence-corrected chi connectivity index (χ0v) is 12.3. The molecule has 8 heteroatoms. The fourth-order valence-electron chi connectivity index (χ4n) is 1.84. The summed E-state index contributed by atoms with van der Waals surface area (Å²) in [6.07, 6.45) is 0. The zero-order chi connectivity index (χ0) is 14.8. The molecule has 0 amide bonds. The number of nitrogens with zero attached hydrogens (tertiary/aromatic N) is 5. The third-order valence-electron chi connectivity index (χ3n) is 2.84. The SMILES string of the molecule is Cc1noc(CSc2nnc(-c3ccccc3F)n2C)n1. The molecular weight excluding hydrogens is 293 g/mol. The fraction of sp³-hybridized carbons (Fsp3) is 0.231. The first-order valence-corrected chi connectivity index (χ1v) is 7.20. The molecule has 0 radical (unpaired) electrons. The van der Waals surface area contributed by atoms with Gasteiger partial charge in [-0.1, -0.05) is 29.1 Å². The number of hydrogen-bond donors (Lipinski definition) is 0. The van der Waals surface area contributed by atoms with Gasteiger partial charge in [0, 0.05) is 7.05 Å². The first kappa shape index (κ1) is 13.7. The summed E-state index contributed by atoms with van der Waals surface area (Å²) in [6, 6.07) is 6.48. The van der Waals surface area contributed by atoms with Gasteiger partial charge in [0.2, 0.25) is 5.89 Å². The Morgan fingerprint density at radius 2 is 2.10 bits per heavy atom. The van der Waals surface area contributed by atoms with Crippen molar-refractivity contribution in [1.29, 1.82) is 0 Å². The minimum atomic E-state index is -0.322. The van der Waals surface area contributed by atoms with Gasteiger partial charge in [-0.25, -0.2) is 4.39 Å². The van der Waals surface area contributed by atoms with Crippen LogP contribution < -0.4 is 0 Å². The second-order valence-electron chi connectivity index (χ2n) is 4.37. The Labute approximate surface area is 124 Å². The first-order valence-electron chi connectivity index (χ1n) is 6.21. The number of aryl methyl sites for hydroxylation is 1. The van der Waals surface area contributed by atoms with Crippen LogP contribution >= 0.6 is 11.8 Å². The molecule has 0 aliphatic heterocycles. The van der Waals surface area contributed by atoms with Crippen molar-refractivity contribution < 1.29 is 8.91 Å². The fourth-order valence-corrected chi connectivity index (χ4v) is 2.59. The van der Waals surface area contributed by atoms with Crippen LogP contribution in [0.1, 0.15) is 11.7 Å². The van der Waals surface area contributed by atoms with Gasteiger partial charge in [-0.05, 0) is 19.1 Å². The third kappa shape index (κ3) is 2.80. The van der Waals surface area contributed by atoms with Gasteiger partial charge in [0.15, 0.2) is 16.8 Å². The Bertz CT molecular complexity index is 770. The number of rotatable bonds is 4. The van der Waals surface area contributed by atoms with Crippen LogP contribution in [0.15, 0.2) is 33.9 Å². The van der Waals surface area contributed by atoms with E-state index in [0.717, 1.165) is 0 Å². The summed E-state index contributed by atoms with van der Waals surface area (Å²) in [5, 5.41) is 12.5. The molecule has 0 spiro atoms. The summed E-state index contributed by atoms with van der Waals surface area (Å²) in [4.78, 5) is 4.12. The van der Waals surface area contributed by atoms with Crippen LogP contribution in [0.25, 0.3) is 11.4 Å². The Balaban J connectivity index is 1.81. The lowest BCUT2D eigenvalue weighted by molar-refractivity contribution is 0.387. The van der Waals surface area contributed by atoms with Crippen molar-refractivity contribution in [1.82, 2.24) is 24.9 Å². The molecule has 3 aromatic rings. The van der Waals surface area contributed by atoms with Gasteiger partial charge in [-0.3, -0.25) is 0 Å². The molecule has 6 nitrogen and oxygen atoms in total. The number of benzene rings is 1. The molecule has 2 heterocycles. The van der Waals surface area contributed by atoms with Gasteiger partial charge < -0.3 is 9.09 Å². The monoisotopic (exact) mass is 305 g/mol. The van der Waals surface area contributed by atoms with Gasteiger partial charge in [0.05, 0.1) is 11.3 Å². The van der Waals surface area contributed by atoms with Gasteiger partial charge in [0.1, 0.15) is 5.82 Å². The van der Waals surface area contributed by atoms with Crippen molar-refractivity contribution in [3.63, 3.8) is 0 Å². The zero-order valence-electron chi connectivity index (χ0n) is 11.4. The number of halogens is 1. The number of thioether (sulfide) groups is 1. The van der Waals surface area contributed by atoms with Crippen molar-refractivity contribution in [2.24, 2.45) is 7.05 Å². The molecule has 0 aliphatic rings. The maximum absolute atomic E-state index is 13.8. The summed E-state index contributed by atoms with van der Waals surface area (Å²) < 4.78 is 20.6. The van der Waals surface area contributed by atoms with E-state index < -0.39 is 0 Å². The predicted octanol–water partition coefficient (Wildman–Crippen LogP) is 2.60. The van der Waals surface area contributed by atoms with Crippen LogP contribution in [0, 0.1) is 12.7 Å². The topological polar surface area (TPSA) is 69.6 Å². The van der Waals surface area contributed by atoms with E-state index in [2.05, 4.69) is 20.3 Å². The van der Waals surface area contributed by atoms with Gasteiger partial charge in [-0.2, -0.15) is 4.98 Å². The van der Waals surface area contributed by atoms with E-state index in [4.69, 9.17) is 4.52 Å². The molecule has 0 saturated heterocycles. The second-order valence-corrected chi connectivity index (χ2v) is 5.31. The molecule has 3 rings (SSSR count).